The third-order valence-corrected chi connectivity index (χ3v) is 3.50. The van der Waals surface area contributed by atoms with Gasteiger partial charge < -0.3 is 15.1 Å². The van der Waals surface area contributed by atoms with E-state index in [1.165, 1.54) is 16.8 Å². The zero-order valence-corrected chi connectivity index (χ0v) is 10.6. The van der Waals surface area contributed by atoms with Gasteiger partial charge in [-0.25, -0.2) is 0 Å². The molecule has 3 rings (SSSR count). The molecule has 1 unspecified atom stereocenters. The van der Waals surface area contributed by atoms with E-state index in [0.717, 1.165) is 25.3 Å². The SMILES string of the molecule is CC(NCc1cccc2c1NCC2)c1ccco1. The van der Waals surface area contributed by atoms with Crippen molar-refractivity contribution in [3.05, 3.63) is 53.5 Å². The van der Waals surface area contributed by atoms with E-state index in [9.17, 15) is 0 Å². The molecule has 3 heteroatoms. The molecule has 2 N–H and O–H groups in total. The summed E-state index contributed by atoms with van der Waals surface area (Å²) in [5.41, 5.74) is 4.08. The molecule has 0 saturated carbocycles. The lowest BCUT2D eigenvalue weighted by Gasteiger charge is -2.14. The van der Waals surface area contributed by atoms with Crippen LogP contribution in [0.15, 0.2) is 41.0 Å². The highest BCUT2D eigenvalue weighted by Crippen LogP contribution is 2.26. The third-order valence-electron chi connectivity index (χ3n) is 3.50. The van der Waals surface area contributed by atoms with Gasteiger partial charge in [-0.15, -0.1) is 0 Å². The third kappa shape index (κ3) is 2.14. The van der Waals surface area contributed by atoms with Crippen LogP contribution >= 0.6 is 0 Å². The van der Waals surface area contributed by atoms with Gasteiger partial charge in [-0.3, -0.25) is 0 Å². The quantitative estimate of drug-likeness (QED) is 0.865. The van der Waals surface area contributed by atoms with Gasteiger partial charge in [-0.05, 0) is 36.6 Å². The molecule has 1 aliphatic heterocycles. The van der Waals surface area contributed by atoms with E-state index < -0.39 is 0 Å². The summed E-state index contributed by atoms with van der Waals surface area (Å²) in [6, 6.07) is 10.7. The van der Waals surface area contributed by atoms with Gasteiger partial charge in [0, 0.05) is 18.8 Å². The Morgan fingerprint density at radius 3 is 3.11 bits per heavy atom. The van der Waals surface area contributed by atoms with Crippen LogP contribution in [0, 0.1) is 0 Å². The molecule has 1 aromatic carbocycles. The summed E-state index contributed by atoms with van der Waals surface area (Å²) in [7, 11) is 0. The highest BCUT2D eigenvalue weighted by atomic mass is 16.3. The number of furan rings is 1. The van der Waals surface area contributed by atoms with Gasteiger partial charge >= 0.3 is 0 Å². The molecule has 0 radical (unpaired) electrons. The van der Waals surface area contributed by atoms with E-state index in [1.54, 1.807) is 6.26 Å². The molecule has 0 amide bonds. The van der Waals surface area contributed by atoms with Gasteiger partial charge in [0.25, 0.3) is 0 Å². The van der Waals surface area contributed by atoms with Crippen molar-refractivity contribution < 1.29 is 4.42 Å². The van der Waals surface area contributed by atoms with E-state index in [1.807, 2.05) is 12.1 Å². The van der Waals surface area contributed by atoms with Crippen molar-refractivity contribution in [3.63, 3.8) is 0 Å². The smallest absolute Gasteiger partial charge is 0.120 e. The van der Waals surface area contributed by atoms with Gasteiger partial charge in [0.05, 0.1) is 12.3 Å². The minimum atomic E-state index is 0.234. The molecule has 0 bridgehead atoms. The zero-order chi connectivity index (χ0) is 12.4. The Bertz CT molecular complexity index is 519. The van der Waals surface area contributed by atoms with Crippen molar-refractivity contribution >= 4 is 5.69 Å². The van der Waals surface area contributed by atoms with E-state index in [-0.39, 0.29) is 6.04 Å². The lowest BCUT2D eigenvalue weighted by Crippen LogP contribution is -2.18. The van der Waals surface area contributed by atoms with Crippen molar-refractivity contribution in [1.29, 1.82) is 0 Å². The predicted octanol–water partition coefficient (Wildman–Crippen LogP) is 3.10. The van der Waals surface area contributed by atoms with E-state index in [4.69, 9.17) is 4.42 Å². The maximum absolute atomic E-state index is 5.40. The minimum Gasteiger partial charge on any atom is -0.468 e. The monoisotopic (exact) mass is 242 g/mol. The van der Waals surface area contributed by atoms with Gasteiger partial charge in [0.2, 0.25) is 0 Å². The normalized spacial score (nSPS) is 15.2. The first-order valence-corrected chi connectivity index (χ1v) is 6.46. The van der Waals surface area contributed by atoms with Crippen molar-refractivity contribution in [3.8, 4) is 0 Å². The summed E-state index contributed by atoms with van der Waals surface area (Å²) < 4.78 is 5.40. The van der Waals surface area contributed by atoms with Crippen LogP contribution in [0.1, 0.15) is 29.9 Å². The van der Waals surface area contributed by atoms with Crippen molar-refractivity contribution in [2.75, 3.05) is 11.9 Å². The fourth-order valence-corrected chi connectivity index (χ4v) is 2.46. The van der Waals surface area contributed by atoms with Gasteiger partial charge in [-0.1, -0.05) is 18.2 Å². The highest BCUT2D eigenvalue weighted by Gasteiger charge is 2.14. The van der Waals surface area contributed by atoms with Crippen LogP contribution in [-0.4, -0.2) is 6.54 Å². The van der Waals surface area contributed by atoms with Gasteiger partial charge in [0.15, 0.2) is 0 Å². The number of hydrogen-bond acceptors (Lipinski definition) is 3. The molecular weight excluding hydrogens is 224 g/mol. The second kappa shape index (κ2) is 4.86. The Balaban J connectivity index is 1.69. The first-order valence-electron chi connectivity index (χ1n) is 6.46. The molecule has 0 saturated heterocycles. The molecule has 3 nitrogen and oxygen atoms in total. The molecule has 1 aliphatic rings. The van der Waals surface area contributed by atoms with Crippen LogP contribution in [0.5, 0.6) is 0 Å². The highest BCUT2D eigenvalue weighted by molar-refractivity contribution is 5.61. The topological polar surface area (TPSA) is 37.2 Å². The van der Waals surface area contributed by atoms with Crippen LogP contribution < -0.4 is 10.6 Å². The van der Waals surface area contributed by atoms with Crippen LogP contribution in [0.3, 0.4) is 0 Å². The number of rotatable bonds is 4. The molecule has 0 aliphatic carbocycles. The summed E-state index contributed by atoms with van der Waals surface area (Å²) in [5, 5.41) is 6.96. The number of para-hydroxylation sites is 1. The molecule has 0 fully saturated rings. The maximum atomic E-state index is 5.40. The molecule has 1 atom stereocenters. The first-order chi connectivity index (χ1) is 8.84. The predicted molar refractivity (Wildman–Crippen MR) is 72.6 cm³/mol. The number of anilines is 1. The standard InChI is InChI=1S/C15H18N2O/c1-11(14-6-3-9-18-14)17-10-13-5-2-4-12-7-8-16-15(12)13/h2-6,9,11,16-17H,7-8,10H2,1H3. The summed E-state index contributed by atoms with van der Waals surface area (Å²) in [4.78, 5) is 0. The summed E-state index contributed by atoms with van der Waals surface area (Å²) in [6.45, 7) is 4.04. The zero-order valence-electron chi connectivity index (χ0n) is 10.6. The van der Waals surface area contributed by atoms with Gasteiger partial charge in [-0.2, -0.15) is 0 Å². The van der Waals surface area contributed by atoms with Crippen LogP contribution in [0.25, 0.3) is 0 Å². The number of hydrogen-bond donors (Lipinski definition) is 2. The van der Waals surface area contributed by atoms with E-state index in [2.05, 4.69) is 35.8 Å². The number of nitrogens with one attached hydrogen (secondary N) is 2. The van der Waals surface area contributed by atoms with E-state index in [0.29, 0.717) is 0 Å². The molecule has 94 valence electrons. The van der Waals surface area contributed by atoms with E-state index >= 15 is 0 Å². The second-order valence-electron chi connectivity index (χ2n) is 4.75. The first kappa shape index (κ1) is 11.4. The van der Waals surface area contributed by atoms with Crippen molar-refractivity contribution in [2.24, 2.45) is 0 Å². The Morgan fingerprint density at radius 2 is 2.28 bits per heavy atom. The van der Waals surface area contributed by atoms with Crippen LogP contribution in [0.2, 0.25) is 0 Å². The lowest BCUT2D eigenvalue weighted by molar-refractivity contribution is 0.430. The summed E-state index contributed by atoms with van der Waals surface area (Å²) >= 11 is 0. The number of fused-ring (bicyclic) bond motifs is 1. The molecular formula is C15H18N2O. The molecule has 1 aromatic heterocycles. The molecule has 2 heterocycles. The fraction of sp³-hybridized carbons (Fsp3) is 0.333. The Kier molecular flexibility index (Phi) is 3.07. The second-order valence-corrected chi connectivity index (χ2v) is 4.75. The largest absolute Gasteiger partial charge is 0.468 e. The maximum Gasteiger partial charge on any atom is 0.120 e. The summed E-state index contributed by atoms with van der Waals surface area (Å²) in [6.07, 6.45) is 2.85. The Labute approximate surface area is 107 Å². The Hall–Kier alpha value is -1.74. The van der Waals surface area contributed by atoms with Crippen molar-refractivity contribution in [2.45, 2.75) is 25.9 Å². The fourth-order valence-electron chi connectivity index (χ4n) is 2.46. The number of benzene rings is 1. The lowest BCUT2D eigenvalue weighted by atomic mass is 10.1. The van der Waals surface area contributed by atoms with Gasteiger partial charge in [0.1, 0.15) is 5.76 Å². The van der Waals surface area contributed by atoms with Crippen LogP contribution in [0.4, 0.5) is 5.69 Å². The van der Waals surface area contributed by atoms with Crippen molar-refractivity contribution in [1.82, 2.24) is 5.32 Å². The molecule has 18 heavy (non-hydrogen) atoms. The van der Waals surface area contributed by atoms with Crippen LogP contribution in [-0.2, 0) is 13.0 Å². The minimum absolute atomic E-state index is 0.234. The molecule has 0 spiro atoms. The average Bonchev–Trinajstić information content (AvgIpc) is 3.05. The Morgan fingerprint density at radius 1 is 1.33 bits per heavy atom. The average molecular weight is 242 g/mol. The molecule has 2 aromatic rings. The summed E-state index contributed by atoms with van der Waals surface area (Å²) in [5.74, 6) is 0.982.